The first-order chi connectivity index (χ1) is 14.9. The van der Waals surface area contributed by atoms with Gasteiger partial charge in [0.05, 0.1) is 17.0 Å². The van der Waals surface area contributed by atoms with Crippen molar-refractivity contribution < 1.29 is 18.0 Å². The van der Waals surface area contributed by atoms with Crippen molar-refractivity contribution in [2.24, 2.45) is 0 Å². The molecule has 0 atom stereocenters. The number of benzene rings is 2. The second-order valence-corrected chi connectivity index (χ2v) is 7.61. The zero-order valence-corrected chi connectivity index (χ0v) is 17.4. The number of carbonyl (C=O) groups excluding carboxylic acids is 1. The summed E-state index contributed by atoms with van der Waals surface area (Å²) < 4.78 is 41.2. The van der Waals surface area contributed by atoms with Gasteiger partial charge in [0.2, 0.25) is 5.91 Å². The third-order valence-electron chi connectivity index (χ3n) is 4.42. The van der Waals surface area contributed by atoms with Gasteiger partial charge in [-0.25, -0.2) is 0 Å². The molecule has 0 saturated carbocycles. The molecule has 3 aromatic rings. The summed E-state index contributed by atoms with van der Waals surface area (Å²) in [5, 5.41) is 11.2. The quantitative estimate of drug-likeness (QED) is 0.371. The van der Waals surface area contributed by atoms with E-state index in [0.29, 0.717) is 18.1 Å². The van der Waals surface area contributed by atoms with E-state index >= 15 is 0 Å². The maximum Gasteiger partial charge on any atom is 0.418 e. The van der Waals surface area contributed by atoms with Gasteiger partial charge in [0.15, 0.2) is 5.16 Å². The first-order valence-electron chi connectivity index (χ1n) is 9.54. The van der Waals surface area contributed by atoms with Gasteiger partial charge in [-0.05, 0) is 24.1 Å². The Morgan fingerprint density at radius 1 is 1.06 bits per heavy atom. The van der Waals surface area contributed by atoms with Crippen LogP contribution in [-0.2, 0) is 30.4 Å². The number of thioether (sulfide) groups is 1. The standard InChI is InChI=1S/C22H21F3N4OS/c1-2-14-29-19(13-12-16-8-4-3-5-9-16)27-28-21(29)31-15-20(30)26-18-11-7-6-10-17(18)22(23,24)25/h2-11H,1,12-15H2,(H,26,30). The number of aryl methyl sites for hydroxylation is 2. The van der Waals surface area contributed by atoms with E-state index < -0.39 is 17.6 Å². The summed E-state index contributed by atoms with van der Waals surface area (Å²) in [4.78, 5) is 12.3. The van der Waals surface area contributed by atoms with Gasteiger partial charge in [0.25, 0.3) is 0 Å². The SMILES string of the molecule is C=CCn1c(CCc2ccccc2)nnc1SCC(=O)Nc1ccccc1C(F)(F)F. The predicted octanol–water partition coefficient (Wildman–Crippen LogP) is 5.00. The molecule has 31 heavy (non-hydrogen) atoms. The Kier molecular flexibility index (Phi) is 7.51. The minimum atomic E-state index is -4.55. The first-order valence-corrected chi connectivity index (χ1v) is 10.5. The van der Waals surface area contributed by atoms with Gasteiger partial charge in [-0.15, -0.1) is 16.8 Å². The zero-order chi connectivity index (χ0) is 22.3. The zero-order valence-electron chi connectivity index (χ0n) is 16.6. The molecule has 0 aliphatic carbocycles. The number of rotatable bonds is 9. The second kappa shape index (κ2) is 10.3. The molecule has 1 aromatic heterocycles. The molecule has 0 spiro atoms. The molecule has 2 aromatic carbocycles. The fraction of sp³-hybridized carbons (Fsp3) is 0.227. The number of hydrogen-bond donors (Lipinski definition) is 1. The molecule has 9 heteroatoms. The lowest BCUT2D eigenvalue weighted by molar-refractivity contribution is -0.137. The van der Waals surface area contributed by atoms with Crippen LogP contribution < -0.4 is 5.32 Å². The first kappa shape index (κ1) is 22.6. The van der Waals surface area contributed by atoms with Crippen molar-refractivity contribution in [1.82, 2.24) is 14.8 Å². The topological polar surface area (TPSA) is 59.8 Å². The minimum absolute atomic E-state index is 0.0971. The Bertz CT molecular complexity index is 1030. The smallest absolute Gasteiger partial charge is 0.325 e. The number of amides is 1. The minimum Gasteiger partial charge on any atom is -0.325 e. The molecule has 1 N–H and O–H groups in total. The molecule has 0 aliphatic heterocycles. The van der Waals surface area contributed by atoms with Crippen molar-refractivity contribution >= 4 is 23.4 Å². The van der Waals surface area contributed by atoms with E-state index in [1.54, 1.807) is 6.08 Å². The number of carbonyl (C=O) groups is 1. The molecule has 0 fully saturated rings. The van der Waals surface area contributed by atoms with Crippen LogP contribution in [0.1, 0.15) is 17.0 Å². The molecule has 162 valence electrons. The van der Waals surface area contributed by atoms with E-state index in [-0.39, 0.29) is 11.4 Å². The molecule has 0 bridgehead atoms. The molecule has 3 rings (SSSR count). The highest BCUT2D eigenvalue weighted by Gasteiger charge is 2.33. The van der Waals surface area contributed by atoms with Gasteiger partial charge < -0.3 is 9.88 Å². The molecule has 0 radical (unpaired) electrons. The van der Waals surface area contributed by atoms with Crippen LogP contribution in [0.15, 0.2) is 72.4 Å². The number of para-hydroxylation sites is 1. The maximum absolute atomic E-state index is 13.1. The van der Waals surface area contributed by atoms with Crippen molar-refractivity contribution in [1.29, 1.82) is 0 Å². The molecule has 1 amide bonds. The molecule has 0 aliphatic rings. The van der Waals surface area contributed by atoms with E-state index in [4.69, 9.17) is 0 Å². The molecule has 0 unspecified atom stereocenters. The molecular weight excluding hydrogens is 425 g/mol. The van der Waals surface area contributed by atoms with E-state index in [1.807, 2.05) is 34.9 Å². The lowest BCUT2D eigenvalue weighted by Crippen LogP contribution is -2.18. The van der Waals surface area contributed by atoms with Gasteiger partial charge >= 0.3 is 6.18 Å². The van der Waals surface area contributed by atoms with Crippen LogP contribution >= 0.6 is 11.8 Å². The molecule has 1 heterocycles. The summed E-state index contributed by atoms with van der Waals surface area (Å²) >= 11 is 1.12. The summed E-state index contributed by atoms with van der Waals surface area (Å²) in [5.74, 6) is 0.106. The van der Waals surface area contributed by atoms with Crippen LogP contribution in [0.3, 0.4) is 0 Å². The Morgan fingerprint density at radius 2 is 1.77 bits per heavy atom. The fourth-order valence-electron chi connectivity index (χ4n) is 2.98. The van der Waals surface area contributed by atoms with Gasteiger partial charge in [-0.3, -0.25) is 4.79 Å². The number of nitrogens with one attached hydrogen (secondary N) is 1. The van der Waals surface area contributed by atoms with Gasteiger partial charge in [-0.2, -0.15) is 13.2 Å². The summed E-state index contributed by atoms with van der Waals surface area (Å²) in [5.41, 5.74) is 0.0237. The van der Waals surface area contributed by atoms with Crippen molar-refractivity contribution in [3.05, 3.63) is 84.2 Å². The highest BCUT2D eigenvalue weighted by molar-refractivity contribution is 7.99. The fourth-order valence-corrected chi connectivity index (χ4v) is 3.75. The van der Waals surface area contributed by atoms with E-state index in [1.165, 1.54) is 23.8 Å². The largest absolute Gasteiger partial charge is 0.418 e. The monoisotopic (exact) mass is 446 g/mol. The van der Waals surface area contributed by atoms with Crippen molar-refractivity contribution in [3.63, 3.8) is 0 Å². The van der Waals surface area contributed by atoms with Crippen LogP contribution in [0, 0.1) is 0 Å². The number of alkyl halides is 3. The average molecular weight is 446 g/mol. The van der Waals surface area contributed by atoms with Crippen LogP contribution in [0.2, 0.25) is 0 Å². The second-order valence-electron chi connectivity index (χ2n) is 6.66. The summed E-state index contributed by atoms with van der Waals surface area (Å²) in [6.07, 6.45) is -1.39. The van der Waals surface area contributed by atoms with Crippen LogP contribution in [0.4, 0.5) is 18.9 Å². The van der Waals surface area contributed by atoms with Crippen molar-refractivity contribution in [2.45, 2.75) is 30.7 Å². The van der Waals surface area contributed by atoms with Crippen molar-refractivity contribution in [2.75, 3.05) is 11.1 Å². The molecular formula is C22H21F3N4OS. The van der Waals surface area contributed by atoms with Gasteiger partial charge in [0, 0.05) is 13.0 Å². The van der Waals surface area contributed by atoms with Gasteiger partial charge in [-0.1, -0.05) is 60.3 Å². The number of aromatic nitrogens is 3. The van der Waals surface area contributed by atoms with E-state index in [2.05, 4.69) is 22.1 Å². The van der Waals surface area contributed by atoms with E-state index in [0.717, 1.165) is 30.1 Å². The summed E-state index contributed by atoms with van der Waals surface area (Å²) in [6, 6.07) is 14.9. The highest BCUT2D eigenvalue weighted by Crippen LogP contribution is 2.34. The van der Waals surface area contributed by atoms with E-state index in [9.17, 15) is 18.0 Å². The van der Waals surface area contributed by atoms with Crippen LogP contribution in [0.5, 0.6) is 0 Å². The lowest BCUT2D eigenvalue weighted by atomic mass is 10.1. The summed E-state index contributed by atoms with van der Waals surface area (Å²) in [7, 11) is 0. The summed E-state index contributed by atoms with van der Waals surface area (Å²) in [6.45, 7) is 4.22. The number of nitrogens with zero attached hydrogens (tertiary/aromatic N) is 3. The van der Waals surface area contributed by atoms with Gasteiger partial charge in [0.1, 0.15) is 5.82 Å². The maximum atomic E-state index is 13.1. The lowest BCUT2D eigenvalue weighted by Gasteiger charge is -2.13. The number of halogens is 3. The number of allylic oxidation sites excluding steroid dienone is 1. The molecule has 5 nitrogen and oxygen atoms in total. The Morgan fingerprint density at radius 3 is 2.48 bits per heavy atom. The average Bonchev–Trinajstić information content (AvgIpc) is 3.13. The third kappa shape index (κ3) is 6.21. The normalized spacial score (nSPS) is 11.3. The highest BCUT2D eigenvalue weighted by atomic mass is 32.2. The number of anilines is 1. The third-order valence-corrected chi connectivity index (χ3v) is 5.39. The number of hydrogen-bond acceptors (Lipinski definition) is 4. The Hall–Kier alpha value is -3.07. The Labute approximate surface area is 182 Å². The Balaban J connectivity index is 1.64. The van der Waals surface area contributed by atoms with Crippen LogP contribution in [0.25, 0.3) is 0 Å². The van der Waals surface area contributed by atoms with Crippen molar-refractivity contribution in [3.8, 4) is 0 Å². The predicted molar refractivity (Wildman–Crippen MR) is 115 cm³/mol. The molecule has 0 saturated heterocycles. The van der Waals surface area contributed by atoms with Crippen LogP contribution in [-0.4, -0.2) is 26.4 Å².